The molecule has 0 bridgehead atoms. The highest BCUT2D eigenvalue weighted by Crippen LogP contribution is 2.29. The lowest BCUT2D eigenvalue weighted by atomic mass is 10.00. The van der Waals surface area contributed by atoms with Gasteiger partial charge in [0.1, 0.15) is 0 Å². The summed E-state index contributed by atoms with van der Waals surface area (Å²) in [6, 6.07) is 0. The van der Waals surface area contributed by atoms with Crippen molar-refractivity contribution in [3.63, 3.8) is 0 Å². The molecule has 0 aromatic carbocycles. The van der Waals surface area contributed by atoms with E-state index < -0.39 is 0 Å². The van der Waals surface area contributed by atoms with E-state index in [1.165, 1.54) is 0 Å². The molecule has 0 amide bonds. The molecule has 0 unspecified atom stereocenters. The maximum Gasteiger partial charge on any atom is 0.0741 e. The van der Waals surface area contributed by atoms with Gasteiger partial charge in [-0.1, -0.05) is 0 Å². The smallest absolute Gasteiger partial charge is 0.0741 e. The lowest BCUT2D eigenvalue weighted by Gasteiger charge is -2.27. The molecule has 1 aliphatic rings. The zero-order chi connectivity index (χ0) is 7.61. The van der Waals surface area contributed by atoms with Crippen molar-refractivity contribution in [1.29, 1.82) is 0 Å². The van der Waals surface area contributed by atoms with Crippen LogP contribution in [0.1, 0.15) is 26.2 Å². The number of aliphatic hydroxyl groups excluding tert-OH is 1. The van der Waals surface area contributed by atoms with Crippen LogP contribution < -0.4 is 5.48 Å². The predicted molar refractivity (Wildman–Crippen MR) is 38.4 cm³/mol. The van der Waals surface area contributed by atoms with E-state index in [4.69, 9.17) is 4.84 Å². The molecule has 1 saturated carbocycles. The topological polar surface area (TPSA) is 41.5 Å². The van der Waals surface area contributed by atoms with E-state index in [0.717, 1.165) is 19.3 Å². The van der Waals surface area contributed by atoms with Crippen molar-refractivity contribution < 1.29 is 9.94 Å². The first kappa shape index (κ1) is 7.98. The van der Waals surface area contributed by atoms with Crippen LogP contribution in [0.25, 0.3) is 0 Å². The van der Waals surface area contributed by atoms with Crippen molar-refractivity contribution >= 4 is 0 Å². The van der Waals surface area contributed by atoms with Gasteiger partial charge in [-0.15, -0.1) is 0 Å². The molecule has 0 heterocycles. The van der Waals surface area contributed by atoms with E-state index in [1.54, 1.807) is 7.11 Å². The number of hydroxylamine groups is 1. The van der Waals surface area contributed by atoms with Crippen LogP contribution in [0, 0.1) is 0 Å². The fraction of sp³-hybridized carbons (Fsp3) is 1.00. The van der Waals surface area contributed by atoms with Gasteiger partial charge in [0.15, 0.2) is 0 Å². The zero-order valence-electron chi connectivity index (χ0n) is 6.55. The molecule has 0 radical (unpaired) electrons. The summed E-state index contributed by atoms with van der Waals surface area (Å²) >= 11 is 0. The van der Waals surface area contributed by atoms with Gasteiger partial charge < -0.3 is 9.94 Å². The molecule has 0 aromatic heterocycles. The molecule has 3 heteroatoms. The van der Waals surface area contributed by atoms with Gasteiger partial charge in [0.2, 0.25) is 0 Å². The molecule has 2 N–H and O–H groups in total. The fourth-order valence-electron chi connectivity index (χ4n) is 1.50. The second kappa shape index (κ2) is 2.86. The summed E-state index contributed by atoms with van der Waals surface area (Å²) in [6.45, 7) is 1.98. The van der Waals surface area contributed by atoms with Crippen molar-refractivity contribution in [3.05, 3.63) is 0 Å². The van der Waals surface area contributed by atoms with Crippen LogP contribution in [-0.4, -0.2) is 23.9 Å². The van der Waals surface area contributed by atoms with Gasteiger partial charge in [0.05, 0.1) is 18.8 Å². The summed E-state index contributed by atoms with van der Waals surface area (Å²) in [5, 5.41) is 9.44. The molecule has 3 nitrogen and oxygen atoms in total. The van der Waals surface area contributed by atoms with E-state index in [0.29, 0.717) is 0 Å². The normalized spacial score (nSPS) is 40.5. The van der Waals surface area contributed by atoms with E-state index in [-0.39, 0.29) is 11.6 Å². The minimum Gasteiger partial charge on any atom is -0.391 e. The first-order valence-corrected chi connectivity index (χ1v) is 3.67. The van der Waals surface area contributed by atoms with Crippen molar-refractivity contribution in [2.24, 2.45) is 0 Å². The molecule has 60 valence electrons. The van der Waals surface area contributed by atoms with Gasteiger partial charge in [-0.25, -0.2) is 0 Å². The molecule has 0 aromatic rings. The van der Waals surface area contributed by atoms with Crippen molar-refractivity contribution in [2.45, 2.75) is 37.8 Å². The number of hydrogen-bond donors (Lipinski definition) is 2. The summed E-state index contributed by atoms with van der Waals surface area (Å²) < 4.78 is 0. The second-order valence-corrected chi connectivity index (χ2v) is 3.13. The number of hydrogen-bond acceptors (Lipinski definition) is 3. The highest BCUT2D eigenvalue weighted by Gasteiger charge is 2.37. The highest BCUT2D eigenvalue weighted by atomic mass is 16.6. The zero-order valence-corrected chi connectivity index (χ0v) is 6.55. The van der Waals surface area contributed by atoms with E-state index in [9.17, 15) is 5.11 Å². The van der Waals surface area contributed by atoms with Crippen LogP contribution in [0.15, 0.2) is 0 Å². The Morgan fingerprint density at radius 1 is 1.70 bits per heavy atom. The third-order valence-corrected chi connectivity index (χ3v) is 2.24. The number of nitrogens with one attached hydrogen (secondary N) is 1. The van der Waals surface area contributed by atoms with Gasteiger partial charge in [-0.3, -0.25) is 0 Å². The third-order valence-electron chi connectivity index (χ3n) is 2.24. The fourth-order valence-corrected chi connectivity index (χ4v) is 1.50. The molecule has 0 spiro atoms. The van der Waals surface area contributed by atoms with Crippen LogP contribution in [0.2, 0.25) is 0 Å². The first-order valence-electron chi connectivity index (χ1n) is 3.67. The van der Waals surface area contributed by atoms with Crippen LogP contribution in [0.5, 0.6) is 0 Å². The summed E-state index contributed by atoms with van der Waals surface area (Å²) in [5.74, 6) is 0. The van der Waals surface area contributed by atoms with Gasteiger partial charge in [0.25, 0.3) is 0 Å². The molecule has 1 aliphatic carbocycles. The molecular formula is C7H15NO2. The van der Waals surface area contributed by atoms with Crippen LogP contribution >= 0.6 is 0 Å². The Bertz CT molecular complexity index is 118. The monoisotopic (exact) mass is 145 g/mol. The molecule has 1 rings (SSSR count). The standard InChI is InChI=1S/C7H15NO2/c1-7(8-10-2)5-3-4-6(7)9/h6,8-9H,3-5H2,1-2H3/t6-,7-/m0/s1. The van der Waals surface area contributed by atoms with Gasteiger partial charge in [0, 0.05) is 0 Å². The Hall–Kier alpha value is -0.120. The molecule has 1 fully saturated rings. The van der Waals surface area contributed by atoms with Crippen LogP contribution in [0.3, 0.4) is 0 Å². The number of aliphatic hydroxyl groups is 1. The molecule has 0 aliphatic heterocycles. The van der Waals surface area contributed by atoms with E-state index in [1.807, 2.05) is 6.92 Å². The van der Waals surface area contributed by atoms with Crippen LogP contribution in [0.4, 0.5) is 0 Å². The van der Waals surface area contributed by atoms with Gasteiger partial charge >= 0.3 is 0 Å². The Morgan fingerprint density at radius 2 is 2.40 bits per heavy atom. The first-order chi connectivity index (χ1) is 4.69. The lowest BCUT2D eigenvalue weighted by Crippen LogP contribution is -2.47. The van der Waals surface area contributed by atoms with Gasteiger partial charge in [-0.05, 0) is 26.2 Å². The maximum atomic E-state index is 9.44. The van der Waals surface area contributed by atoms with Crippen molar-refractivity contribution in [1.82, 2.24) is 5.48 Å². The quantitative estimate of drug-likeness (QED) is 0.554. The Labute approximate surface area is 61.3 Å². The number of rotatable bonds is 2. The summed E-state index contributed by atoms with van der Waals surface area (Å²) in [4.78, 5) is 4.79. The third kappa shape index (κ3) is 1.31. The Morgan fingerprint density at radius 3 is 2.80 bits per heavy atom. The SMILES string of the molecule is CON[C@@]1(C)CCC[C@@H]1O. The minimum atomic E-state index is -0.257. The summed E-state index contributed by atoms with van der Waals surface area (Å²) in [7, 11) is 1.58. The predicted octanol–water partition coefficient (Wildman–Crippen LogP) is 0.441. The summed E-state index contributed by atoms with van der Waals surface area (Å²) in [6.07, 6.45) is 2.69. The lowest BCUT2D eigenvalue weighted by molar-refractivity contribution is -0.0298. The largest absolute Gasteiger partial charge is 0.391 e. The highest BCUT2D eigenvalue weighted by molar-refractivity contribution is 4.93. The van der Waals surface area contributed by atoms with Crippen molar-refractivity contribution in [2.75, 3.05) is 7.11 Å². The maximum absolute atomic E-state index is 9.44. The summed E-state index contributed by atoms with van der Waals surface area (Å²) in [5.41, 5.74) is 2.61. The average molecular weight is 145 g/mol. The Kier molecular flexibility index (Phi) is 2.28. The molecule has 2 atom stereocenters. The molecular weight excluding hydrogens is 130 g/mol. The van der Waals surface area contributed by atoms with Crippen LogP contribution in [-0.2, 0) is 4.84 Å². The second-order valence-electron chi connectivity index (χ2n) is 3.13. The van der Waals surface area contributed by atoms with E-state index >= 15 is 0 Å². The van der Waals surface area contributed by atoms with Crippen molar-refractivity contribution in [3.8, 4) is 0 Å². The molecule has 10 heavy (non-hydrogen) atoms. The molecule has 0 saturated heterocycles. The Balaban J connectivity index is 2.48. The average Bonchev–Trinajstić information content (AvgIpc) is 2.15. The van der Waals surface area contributed by atoms with Gasteiger partial charge in [-0.2, -0.15) is 5.48 Å². The minimum absolute atomic E-state index is 0.214. The van der Waals surface area contributed by atoms with E-state index in [2.05, 4.69) is 5.48 Å².